The summed E-state index contributed by atoms with van der Waals surface area (Å²) in [5.41, 5.74) is 42.3. The monoisotopic (exact) mass is 1900 g/mol. The van der Waals surface area contributed by atoms with E-state index in [9.17, 15) is 0 Å². The molecule has 0 saturated carbocycles. The van der Waals surface area contributed by atoms with Gasteiger partial charge in [-0.25, -0.2) is 0 Å². The molecule has 714 valence electrons. The Morgan fingerprint density at radius 2 is 0.541 bits per heavy atom. The third-order valence-corrected chi connectivity index (χ3v) is 30.5. The lowest BCUT2D eigenvalue weighted by atomic mass is 9.75. The fraction of sp³-hybridized carbons (Fsp3) is 0.111. The fourth-order valence-corrected chi connectivity index (χ4v) is 22.8. The SMILES string of the molecule is CC(C)(C)c1cc(-c2cccc3cccc(-c4ccccc4N(c4ccc(-c5ccc6c7cc(CC(C)(C)c8cc(-c9cccc%10cccc(-c%11ccccc%11N(c%11cccc(-c%12cccc%13c%12c%12ccccc%12n%13-c%12ccccc%12)c%11)c%11ccc(-c%12ccccc%12)cc%11-c%11ccccc%11)c9%10)cc(C(C)(C)C)c8)ccc7n(-c7ccccc7)c6c5)cc4)c4ccc(-c5ccccc5)cc4-c4ccccc4)c23)cc(C(C)(C)C)c1. The average Bonchev–Trinajstić information content (AvgIpc) is 1.55. The van der Waals surface area contributed by atoms with E-state index in [1.54, 1.807) is 0 Å². The van der Waals surface area contributed by atoms with Crippen LogP contribution < -0.4 is 9.80 Å². The molecular weight excluding hydrogens is 1790 g/mol. The second-order valence-corrected chi connectivity index (χ2v) is 43.7. The molecule has 4 nitrogen and oxygen atoms in total. The van der Waals surface area contributed by atoms with Crippen LogP contribution in [-0.4, -0.2) is 9.13 Å². The summed E-state index contributed by atoms with van der Waals surface area (Å²) in [6.45, 7) is 26.0. The van der Waals surface area contributed by atoms with Crippen LogP contribution in [0.3, 0.4) is 0 Å². The van der Waals surface area contributed by atoms with Crippen molar-refractivity contribution in [2.24, 2.45) is 0 Å². The number of aromatic nitrogens is 2. The molecule has 2 heterocycles. The van der Waals surface area contributed by atoms with Crippen molar-refractivity contribution in [2.45, 2.75) is 104 Å². The Kier molecular flexibility index (Phi) is 23.8. The zero-order valence-corrected chi connectivity index (χ0v) is 85.9. The van der Waals surface area contributed by atoms with Gasteiger partial charge in [-0.2, -0.15) is 0 Å². The number of para-hydroxylation sites is 5. The van der Waals surface area contributed by atoms with Crippen LogP contribution in [0.1, 0.15) is 104 Å². The minimum atomic E-state index is -0.339. The molecular formula is C144H118N4. The highest BCUT2D eigenvalue weighted by Gasteiger charge is 2.32. The van der Waals surface area contributed by atoms with E-state index < -0.39 is 0 Å². The highest BCUT2D eigenvalue weighted by molar-refractivity contribution is 6.18. The predicted octanol–water partition coefficient (Wildman–Crippen LogP) is 40.2. The van der Waals surface area contributed by atoms with Gasteiger partial charge in [0.15, 0.2) is 0 Å². The predicted molar refractivity (Wildman–Crippen MR) is 633 cm³/mol. The maximum absolute atomic E-state index is 2.54. The molecule has 24 rings (SSSR count). The van der Waals surface area contributed by atoms with Gasteiger partial charge >= 0.3 is 0 Å². The normalized spacial score (nSPS) is 12.0. The molecule has 0 bridgehead atoms. The minimum Gasteiger partial charge on any atom is -0.309 e. The first-order valence-electron chi connectivity index (χ1n) is 52.1. The summed E-state index contributed by atoms with van der Waals surface area (Å²) in [4.78, 5) is 5.06. The number of hydrogen-bond donors (Lipinski definition) is 0. The summed E-state index contributed by atoms with van der Waals surface area (Å²) in [5.74, 6) is 0. The van der Waals surface area contributed by atoms with E-state index in [0.717, 1.165) is 135 Å². The van der Waals surface area contributed by atoms with Crippen LogP contribution in [-0.2, 0) is 28.1 Å². The Morgan fingerprint density at radius 3 is 1.05 bits per heavy atom. The number of fused-ring (bicyclic) bond motifs is 8. The number of anilines is 6. The quantitative estimate of drug-likeness (QED) is 0.0713. The molecule has 0 aliphatic carbocycles. The Balaban J connectivity index is 0.608. The van der Waals surface area contributed by atoms with Crippen molar-refractivity contribution in [3.63, 3.8) is 0 Å². The third kappa shape index (κ3) is 17.4. The Morgan fingerprint density at radius 1 is 0.182 bits per heavy atom. The highest BCUT2D eigenvalue weighted by atomic mass is 15.2. The number of benzene rings is 22. The van der Waals surface area contributed by atoms with Gasteiger partial charge in [-0.3, -0.25) is 0 Å². The number of rotatable bonds is 21. The maximum atomic E-state index is 2.54. The second kappa shape index (κ2) is 37.9. The lowest BCUT2D eigenvalue weighted by Gasteiger charge is -2.31. The van der Waals surface area contributed by atoms with Crippen molar-refractivity contribution in [1.29, 1.82) is 0 Å². The Labute approximate surface area is 870 Å². The molecule has 2 aromatic heterocycles. The summed E-state index contributed by atoms with van der Waals surface area (Å²) >= 11 is 0. The van der Waals surface area contributed by atoms with Crippen molar-refractivity contribution >= 4 is 99.3 Å². The minimum absolute atomic E-state index is 0.0626. The molecule has 0 aliphatic heterocycles. The van der Waals surface area contributed by atoms with E-state index >= 15 is 0 Å². The van der Waals surface area contributed by atoms with Crippen molar-refractivity contribution in [3.05, 3.63) is 531 Å². The van der Waals surface area contributed by atoms with Crippen LogP contribution >= 0.6 is 0 Å². The summed E-state index contributed by atoms with van der Waals surface area (Å²) in [7, 11) is 0. The topological polar surface area (TPSA) is 16.3 Å². The molecule has 0 unspecified atom stereocenters. The van der Waals surface area contributed by atoms with Crippen LogP contribution in [0.2, 0.25) is 0 Å². The van der Waals surface area contributed by atoms with E-state index in [2.05, 4.69) is 599 Å². The van der Waals surface area contributed by atoms with E-state index in [4.69, 9.17) is 0 Å². The Bertz CT molecular complexity index is 9120. The third-order valence-electron chi connectivity index (χ3n) is 30.5. The molecule has 148 heavy (non-hydrogen) atoms. The van der Waals surface area contributed by atoms with Crippen molar-refractivity contribution in [3.8, 4) is 123 Å². The van der Waals surface area contributed by atoms with Crippen molar-refractivity contribution in [1.82, 2.24) is 9.13 Å². The fourth-order valence-electron chi connectivity index (χ4n) is 22.8. The summed E-state index contributed by atoms with van der Waals surface area (Å²) in [6, 6.07) is 189. The van der Waals surface area contributed by atoms with Gasteiger partial charge in [-0.05, 0) is 282 Å². The van der Waals surface area contributed by atoms with Gasteiger partial charge in [0.1, 0.15) is 0 Å². The van der Waals surface area contributed by atoms with Gasteiger partial charge in [0.2, 0.25) is 0 Å². The maximum Gasteiger partial charge on any atom is 0.0547 e. The average molecular weight is 1900 g/mol. The standard InChI is InChI=1S/C144H118N4/c1-141(2,3)110-85-108(86-111(93-110)142(4,5)6)119-63-37-50-102-52-39-66-124(138(102)119)121-60-30-33-68-130(121)145(133-82-76-104(97-42-18-12-19-43-97)90-127(133)100-46-22-14-23-47-100)116-78-73-99(74-79-116)106-75-80-123-129-84-96(72-81-135(129)147(137(123)92-106)115-57-28-17-29-58-115)95-144(10,11)113-88-109(87-112(94-113)143(7,8)9)120-64-38-51-103-53-40-67-125(139(103)120)122-61-31-34-69-131(122)148(134-83-77-105(98-44-20-13-21-45-98)91-128(134)101-48-24-15-25-49-101)117-59-36-54-107(89-117)118-65-41-71-136-140(118)126-62-32-35-70-132(126)146(136)114-55-26-16-27-56-114/h12-94H,95H2,1-11H3. The molecule has 0 fully saturated rings. The molecule has 0 aliphatic rings. The molecule has 0 atom stereocenters. The van der Waals surface area contributed by atoms with Crippen LogP contribution in [0.25, 0.3) is 188 Å². The van der Waals surface area contributed by atoms with Crippen LogP contribution in [0.4, 0.5) is 34.1 Å². The second-order valence-electron chi connectivity index (χ2n) is 43.7. The van der Waals surface area contributed by atoms with Gasteiger partial charge in [0.25, 0.3) is 0 Å². The van der Waals surface area contributed by atoms with Gasteiger partial charge < -0.3 is 18.9 Å². The lowest BCUT2D eigenvalue weighted by Crippen LogP contribution is -2.22. The summed E-state index contributed by atoms with van der Waals surface area (Å²) in [6.07, 6.45) is 0.798. The van der Waals surface area contributed by atoms with Crippen molar-refractivity contribution < 1.29 is 0 Å². The lowest BCUT2D eigenvalue weighted by molar-refractivity contribution is 0.518. The Hall–Kier alpha value is -17.4. The van der Waals surface area contributed by atoms with Gasteiger partial charge in [0, 0.05) is 66.5 Å². The number of nitrogens with zero attached hydrogens (tertiary/aromatic N) is 4. The first-order chi connectivity index (χ1) is 72.0. The van der Waals surface area contributed by atoms with Gasteiger partial charge in [-0.1, -0.05) is 464 Å². The molecule has 0 N–H and O–H groups in total. The van der Waals surface area contributed by atoms with Crippen LogP contribution in [0.15, 0.2) is 504 Å². The molecule has 4 heteroatoms. The molecule has 0 spiro atoms. The van der Waals surface area contributed by atoms with E-state index in [1.807, 2.05) is 0 Å². The molecule has 24 aromatic rings. The van der Waals surface area contributed by atoms with Crippen LogP contribution in [0, 0.1) is 0 Å². The largest absolute Gasteiger partial charge is 0.309 e. The zero-order valence-electron chi connectivity index (χ0n) is 85.9. The summed E-state index contributed by atoms with van der Waals surface area (Å²) in [5, 5.41) is 9.66. The van der Waals surface area contributed by atoms with E-state index in [-0.39, 0.29) is 21.7 Å². The molecule has 0 radical (unpaired) electrons. The smallest absolute Gasteiger partial charge is 0.0547 e. The first kappa shape index (κ1) is 92.9. The van der Waals surface area contributed by atoms with E-state index in [1.165, 1.54) is 121 Å². The highest BCUT2D eigenvalue weighted by Crippen LogP contribution is 2.54. The van der Waals surface area contributed by atoms with Crippen molar-refractivity contribution in [2.75, 3.05) is 9.80 Å². The molecule has 0 saturated heterocycles. The van der Waals surface area contributed by atoms with Crippen LogP contribution in [0.5, 0.6) is 0 Å². The van der Waals surface area contributed by atoms with E-state index in [0.29, 0.717) is 0 Å². The first-order valence-corrected chi connectivity index (χ1v) is 52.1. The molecule has 22 aromatic carbocycles. The molecule has 0 amide bonds. The van der Waals surface area contributed by atoms with Gasteiger partial charge in [0.05, 0.1) is 44.8 Å². The zero-order chi connectivity index (χ0) is 101. The van der Waals surface area contributed by atoms with Gasteiger partial charge in [-0.15, -0.1) is 0 Å². The number of hydrogen-bond acceptors (Lipinski definition) is 2. The summed E-state index contributed by atoms with van der Waals surface area (Å²) < 4.78 is 4.90.